The summed E-state index contributed by atoms with van der Waals surface area (Å²) in [6.45, 7) is 6.73. The quantitative estimate of drug-likeness (QED) is 0.733. The minimum absolute atomic E-state index is 0.202. The Morgan fingerprint density at radius 3 is 2.42 bits per heavy atom. The predicted octanol–water partition coefficient (Wildman–Crippen LogP) is 0.554. The van der Waals surface area contributed by atoms with Crippen molar-refractivity contribution in [2.24, 2.45) is 0 Å². The molecule has 0 aliphatic carbocycles. The number of ether oxygens (including phenoxy) is 1. The predicted molar refractivity (Wildman–Crippen MR) is 104 cm³/mol. The molecule has 4 rings (SSSR count). The van der Waals surface area contributed by atoms with Crippen LogP contribution in [0.1, 0.15) is 0 Å². The molecule has 1 aromatic heterocycles. The molecule has 2 aliphatic rings. The number of piperazine rings is 1. The summed E-state index contributed by atoms with van der Waals surface area (Å²) in [5, 5.41) is 3.37. The van der Waals surface area contributed by atoms with Crippen molar-refractivity contribution >= 4 is 23.1 Å². The van der Waals surface area contributed by atoms with E-state index in [1.807, 2.05) is 12.1 Å². The average molecular weight is 355 g/mol. The van der Waals surface area contributed by atoms with E-state index in [2.05, 4.69) is 37.2 Å². The molecule has 0 amide bonds. The Morgan fingerprint density at radius 1 is 0.923 bits per heavy atom. The standard InChI is InChI=1S/C18H25N7O/c19-17-16(25-7-5-21-6-8-25)15(22-18(20)23-17)13-3-1-2-4-14(13)24-9-11-26-12-10-24/h1-4,21H,5-12H2,(H4,19,20,22,23). The zero-order chi connectivity index (χ0) is 17.9. The van der Waals surface area contributed by atoms with Gasteiger partial charge in [0.15, 0.2) is 5.82 Å². The van der Waals surface area contributed by atoms with Crippen molar-refractivity contribution in [2.75, 3.05) is 73.7 Å². The second-order valence-corrected chi connectivity index (χ2v) is 6.52. The first kappa shape index (κ1) is 16.9. The maximum absolute atomic E-state index is 6.29. The number of morpholine rings is 1. The van der Waals surface area contributed by atoms with E-state index >= 15 is 0 Å². The molecular formula is C18H25N7O. The van der Waals surface area contributed by atoms with Crippen molar-refractivity contribution in [3.63, 3.8) is 0 Å². The van der Waals surface area contributed by atoms with Gasteiger partial charge < -0.3 is 31.3 Å². The number of hydrogen-bond acceptors (Lipinski definition) is 8. The van der Waals surface area contributed by atoms with Crippen molar-refractivity contribution in [3.05, 3.63) is 24.3 Å². The molecular weight excluding hydrogens is 330 g/mol. The SMILES string of the molecule is Nc1nc(N)c(N2CCNCC2)c(-c2ccccc2N2CCOCC2)n1. The van der Waals surface area contributed by atoms with E-state index in [0.717, 1.165) is 75.1 Å². The first-order chi connectivity index (χ1) is 12.7. The highest BCUT2D eigenvalue weighted by Crippen LogP contribution is 2.39. The Bertz CT molecular complexity index is 770. The lowest BCUT2D eigenvalue weighted by atomic mass is 10.0. The summed E-state index contributed by atoms with van der Waals surface area (Å²) in [6, 6.07) is 8.27. The third-order valence-electron chi connectivity index (χ3n) is 4.87. The Kier molecular flexibility index (Phi) is 4.77. The molecule has 8 heteroatoms. The molecule has 2 saturated heterocycles. The number of nitrogens with zero attached hydrogens (tertiary/aromatic N) is 4. The fourth-order valence-electron chi connectivity index (χ4n) is 3.63. The van der Waals surface area contributed by atoms with Gasteiger partial charge in [-0.15, -0.1) is 0 Å². The zero-order valence-electron chi connectivity index (χ0n) is 14.8. The van der Waals surface area contributed by atoms with Gasteiger partial charge in [0, 0.05) is 50.5 Å². The van der Waals surface area contributed by atoms with Crippen molar-refractivity contribution in [2.45, 2.75) is 0 Å². The van der Waals surface area contributed by atoms with Crippen LogP contribution in [0.3, 0.4) is 0 Å². The topological polar surface area (TPSA) is 106 Å². The summed E-state index contributed by atoms with van der Waals surface area (Å²) in [6.07, 6.45) is 0. The van der Waals surface area contributed by atoms with Gasteiger partial charge in [0.05, 0.1) is 13.2 Å². The van der Waals surface area contributed by atoms with Gasteiger partial charge in [-0.25, -0.2) is 4.98 Å². The van der Waals surface area contributed by atoms with Crippen LogP contribution in [0.5, 0.6) is 0 Å². The van der Waals surface area contributed by atoms with Crippen LogP contribution in [0, 0.1) is 0 Å². The third kappa shape index (κ3) is 3.25. The average Bonchev–Trinajstić information content (AvgIpc) is 2.69. The van der Waals surface area contributed by atoms with Gasteiger partial charge in [-0.3, -0.25) is 0 Å². The molecule has 5 N–H and O–H groups in total. The summed E-state index contributed by atoms with van der Waals surface area (Å²) in [5.74, 6) is 0.638. The van der Waals surface area contributed by atoms with Crippen molar-refractivity contribution < 1.29 is 4.74 Å². The molecule has 3 heterocycles. The molecule has 0 atom stereocenters. The molecule has 138 valence electrons. The van der Waals surface area contributed by atoms with Crippen molar-refractivity contribution in [1.82, 2.24) is 15.3 Å². The highest BCUT2D eigenvalue weighted by Gasteiger charge is 2.24. The van der Waals surface area contributed by atoms with E-state index < -0.39 is 0 Å². The molecule has 0 unspecified atom stereocenters. The number of nitrogens with one attached hydrogen (secondary N) is 1. The highest BCUT2D eigenvalue weighted by atomic mass is 16.5. The van der Waals surface area contributed by atoms with Gasteiger partial charge in [-0.1, -0.05) is 18.2 Å². The molecule has 0 spiro atoms. The molecule has 2 aliphatic heterocycles. The number of aromatic nitrogens is 2. The monoisotopic (exact) mass is 355 g/mol. The van der Waals surface area contributed by atoms with Gasteiger partial charge in [-0.2, -0.15) is 4.98 Å². The lowest BCUT2D eigenvalue weighted by Gasteiger charge is -2.33. The van der Waals surface area contributed by atoms with Gasteiger partial charge >= 0.3 is 0 Å². The van der Waals surface area contributed by atoms with Gasteiger partial charge in [0.2, 0.25) is 5.95 Å². The van der Waals surface area contributed by atoms with Crippen LogP contribution >= 0.6 is 0 Å². The first-order valence-electron chi connectivity index (χ1n) is 9.05. The van der Waals surface area contributed by atoms with Crippen LogP contribution in [0.15, 0.2) is 24.3 Å². The molecule has 8 nitrogen and oxygen atoms in total. The number of nitrogen functional groups attached to an aromatic ring is 2. The number of benzene rings is 1. The largest absolute Gasteiger partial charge is 0.382 e. The van der Waals surface area contributed by atoms with Gasteiger partial charge in [-0.05, 0) is 6.07 Å². The van der Waals surface area contributed by atoms with E-state index in [9.17, 15) is 0 Å². The Hall–Kier alpha value is -2.58. The first-order valence-corrected chi connectivity index (χ1v) is 9.05. The second kappa shape index (κ2) is 7.35. The molecule has 1 aromatic carbocycles. The number of para-hydroxylation sites is 1. The Morgan fingerprint density at radius 2 is 1.65 bits per heavy atom. The highest BCUT2D eigenvalue weighted by molar-refractivity contribution is 5.89. The van der Waals surface area contributed by atoms with Crippen LogP contribution in [0.4, 0.5) is 23.1 Å². The van der Waals surface area contributed by atoms with E-state index in [1.54, 1.807) is 0 Å². The number of rotatable bonds is 3. The Labute approximate surface area is 153 Å². The lowest BCUT2D eigenvalue weighted by molar-refractivity contribution is 0.123. The lowest BCUT2D eigenvalue weighted by Crippen LogP contribution is -2.44. The maximum Gasteiger partial charge on any atom is 0.222 e. The van der Waals surface area contributed by atoms with E-state index in [0.29, 0.717) is 5.82 Å². The van der Waals surface area contributed by atoms with E-state index in [4.69, 9.17) is 16.2 Å². The number of nitrogens with two attached hydrogens (primary N) is 2. The minimum atomic E-state index is 0.202. The van der Waals surface area contributed by atoms with E-state index in [1.165, 1.54) is 0 Å². The number of hydrogen-bond donors (Lipinski definition) is 3. The van der Waals surface area contributed by atoms with Crippen LogP contribution in [-0.4, -0.2) is 62.5 Å². The molecule has 2 fully saturated rings. The van der Waals surface area contributed by atoms with Crippen LogP contribution < -0.4 is 26.6 Å². The summed E-state index contributed by atoms with van der Waals surface area (Å²) < 4.78 is 5.50. The minimum Gasteiger partial charge on any atom is -0.382 e. The molecule has 0 radical (unpaired) electrons. The zero-order valence-corrected chi connectivity index (χ0v) is 14.8. The molecule has 0 bridgehead atoms. The fraction of sp³-hybridized carbons (Fsp3) is 0.444. The van der Waals surface area contributed by atoms with Crippen molar-refractivity contribution in [3.8, 4) is 11.3 Å². The smallest absolute Gasteiger partial charge is 0.222 e. The van der Waals surface area contributed by atoms with E-state index in [-0.39, 0.29) is 5.95 Å². The molecule has 26 heavy (non-hydrogen) atoms. The molecule has 2 aromatic rings. The normalized spacial score (nSPS) is 18.2. The van der Waals surface area contributed by atoms with Crippen LogP contribution in [0.2, 0.25) is 0 Å². The molecule has 0 saturated carbocycles. The fourth-order valence-corrected chi connectivity index (χ4v) is 3.63. The second-order valence-electron chi connectivity index (χ2n) is 6.52. The van der Waals surface area contributed by atoms with Crippen LogP contribution in [-0.2, 0) is 4.74 Å². The summed E-state index contributed by atoms with van der Waals surface area (Å²) >= 11 is 0. The maximum atomic E-state index is 6.29. The third-order valence-corrected chi connectivity index (χ3v) is 4.87. The summed E-state index contributed by atoms with van der Waals surface area (Å²) in [5.41, 5.74) is 16.1. The Balaban J connectivity index is 1.82. The van der Waals surface area contributed by atoms with Crippen molar-refractivity contribution in [1.29, 1.82) is 0 Å². The van der Waals surface area contributed by atoms with Crippen LogP contribution in [0.25, 0.3) is 11.3 Å². The van der Waals surface area contributed by atoms with Gasteiger partial charge in [0.1, 0.15) is 11.4 Å². The number of anilines is 4. The summed E-state index contributed by atoms with van der Waals surface area (Å²) in [7, 11) is 0. The van der Waals surface area contributed by atoms with Gasteiger partial charge in [0.25, 0.3) is 0 Å². The summed E-state index contributed by atoms with van der Waals surface area (Å²) in [4.78, 5) is 13.4.